The van der Waals surface area contributed by atoms with Gasteiger partial charge in [-0.2, -0.15) is 0 Å². The Morgan fingerprint density at radius 3 is 2.68 bits per heavy atom. The Balaban J connectivity index is 1.62. The fraction of sp³-hybridized carbons (Fsp3) is 0.158. The van der Waals surface area contributed by atoms with Crippen molar-refractivity contribution in [2.45, 2.75) is 20.5 Å². The molecule has 1 amide bonds. The molecule has 0 aliphatic carbocycles. The van der Waals surface area contributed by atoms with Crippen molar-refractivity contribution in [2.24, 2.45) is 0 Å². The van der Waals surface area contributed by atoms with Gasteiger partial charge in [0.05, 0.1) is 0 Å². The molecule has 0 radical (unpaired) electrons. The van der Waals surface area contributed by atoms with Crippen LogP contribution in [0.5, 0.6) is 5.75 Å². The second-order valence-corrected chi connectivity index (χ2v) is 6.58. The zero-order valence-electron chi connectivity index (χ0n) is 13.9. The number of thiazole rings is 1. The Morgan fingerprint density at radius 1 is 1.20 bits per heavy atom. The Kier molecular flexibility index (Phi) is 5.09. The molecule has 0 unspecified atom stereocenters. The van der Waals surface area contributed by atoms with Gasteiger partial charge in [0.2, 0.25) is 0 Å². The van der Waals surface area contributed by atoms with Gasteiger partial charge >= 0.3 is 0 Å². The average molecular weight is 356 g/mol. The minimum Gasteiger partial charge on any atom is -0.486 e. The van der Waals surface area contributed by atoms with Crippen LogP contribution in [0, 0.1) is 19.7 Å². The van der Waals surface area contributed by atoms with Crippen LogP contribution in [0.25, 0.3) is 0 Å². The SMILES string of the molecule is Cc1ccc(OCc2nc(C(=O)Nc3ccc(F)cc3C)cs2)cc1. The molecular formula is C19H17FN2O2S. The van der Waals surface area contributed by atoms with Crippen LogP contribution in [0.4, 0.5) is 10.1 Å². The number of carbonyl (C=O) groups excluding carboxylic acids is 1. The smallest absolute Gasteiger partial charge is 0.275 e. The van der Waals surface area contributed by atoms with Crippen molar-refractivity contribution < 1.29 is 13.9 Å². The third-order valence-electron chi connectivity index (χ3n) is 3.60. The maximum Gasteiger partial charge on any atom is 0.275 e. The normalized spacial score (nSPS) is 10.5. The molecule has 0 spiro atoms. The molecule has 0 saturated carbocycles. The van der Waals surface area contributed by atoms with E-state index in [9.17, 15) is 9.18 Å². The van der Waals surface area contributed by atoms with Crippen molar-refractivity contribution in [3.05, 3.63) is 75.5 Å². The standard InChI is InChI=1S/C19H17FN2O2S/c1-12-3-6-15(7-4-12)24-10-18-21-17(11-25-18)19(23)22-16-8-5-14(20)9-13(16)2/h3-9,11H,10H2,1-2H3,(H,22,23). The fourth-order valence-electron chi connectivity index (χ4n) is 2.21. The Labute approximate surface area is 149 Å². The van der Waals surface area contributed by atoms with Crippen LogP contribution in [0.15, 0.2) is 47.8 Å². The summed E-state index contributed by atoms with van der Waals surface area (Å²) in [5, 5.41) is 5.14. The lowest BCUT2D eigenvalue weighted by Gasteiger charge is -2.07. The number of halogens is 1. The second-order valence-electron chi connectivity index (χ2n) is 5.64. The van der Waals surface area contributed by atoms with E-state index in [1.54, 1.807) is 12.3 Å². The molecule has 4 nitrogen and oxygen atoms in total. The van der Waals surface area contributed by atoms with Crippen molar-refractivity contribution in [3.8, 4) is 5.75 Å². The van der Waals surface area contributed by atoms with Crippen molar-refractivity contribution in [1.29, 1.82) is 0 Å². The van der Waals surface area contributed by atoms with Gasteiger partial charge in [0.15, 0.2) is 0 Å². The highest BCUT2D eigenvalue weighted by atomic mass is 32.1. The van der Waals surface area contributed by atoms with E-state index in [0.29, 0.717) is 28.6 Å². The Bertz CT molecular complexity index is 891. The van der Waals surface area contributed by atoms with E-state index in [2.05, 4.69) is 10.3 Å². The number of amides is 1. The summed E-state index contributed by atoms with van der Waals surface area (Å²) >= 11 is 1.36. The minimum absolute atomic E-state index is 0.302. The van der Waals surface area contributed by atoms with Crippen molar-refractivity contribution in [1.82, 2.24) is 4.98 Å². The zero-order valence-corrected chi connectivity index (χ0v) is 14.7. The average Bonchev–Trinajstić information content (AvgIpc) is 3.06. The number of aromatic nitrogens is 1. The molecular weight excluding hydrogens is 339 g/mol. The lowest BCUT2D eigenvalue weighted by molar-refractivity contribution is 0.102. The molecule has 0 atom stereocenters. The quantitative estimate of drug-likeness (QED) is 0.719. The summed E-state index contributed by atoms with van der Waals surface area (Å²) in [5.74, 6) is 0.0981. The van der Waals surface area contributed by atoms with Crippen LogP contribution in [0.3, 0.4) is 0 Å². The third kappa shape index (κ3) is 4.42. The topological polar surface area (TPSA) is 51.2 Å². The van der Waals surface area contributed by atoms with Gasteiger partial charge < -0.3 is 10.1 Å². The first kappa shape index (κ1) is 17.1. The minimum atomic E-state index is -0.334. The molecule has 2 aromatic carbocycles. The maximum atomic E-state index is 13.1. The Morgan fingerprint density at radius 2 is 1.96 bits per heavy atom. The van der Waals surface area contributed by atoms with E-state index < -0.39 is 0 Å². The van der Waals surface area contributed by atoms with Gasteiger partial charge in [-0.15, -0.1) is 11.3 Å². The molecule has 1 N–H and O–H groups in total. The summed E-state index contributed by atoms with van der Waals surface area (Å²) < 4.78 is 18.8. The lowest BCUT2D eigenvalue weighted by atomic mass is 10.2. The summed E-state index contributed by atoms with van der Waals surface area (Å²) in [6, 6.07) is 12.0. The van der Waals surface area contributed by atoms with Crippen LogP contribution in [-0.2, 0) is 6.61 Å². The molecule has 25 heavy (non-hydrogen) atoms. The van der Waals surface area contributed by atoms with E-state index in [-0.39, 0.29) is 11.7 Å². The third-order valence-corrected chi connectivity index (χ3v) is 4.43. The first-order valence-electron chi connectivity index (χ1n) is 7.72. The largest absolute Gasteiger partial charge is 0.486 e. The predicted molar refractivity (Wildman–Crippen MR) is 96.7 cm³/mol. The first-order valence-corrected chi connectivity index (χ1v) is 8.60. The van der Waals surface area contributed by atoms with Gasteiger partial charge in [0, 0.05) is 11.1 Å². The van der Waals surface area contributed by atoms with E-state index in [1.165, 1.54) is 29.5 Å². The van der Waals surface area contributed by atoms with Crippen LogP contribution < -0.4 is 10.1 Å². The van der Waals surface area contributed by atoms with Gasteiger partial charge in [-0.05, 0) is 49.7 Å². The van der Waals surface area contributed by atoms with Gasteiger partial charge in [-0.1, -0.05) is 17.7 Å². The fourth-order valence-corrected chi connectivity index (χ4v) is 2.90. The van der Waals surface area contributed by atoms with E-state index in [1.807, 2.05) is 31.2 Å². The molecule has 0 saturated heterocycles. The maximum absolute atomic E-state index is 13.1. The molecule has 0 aliphatic rings. The summed E-state index contributed by atoms with van der Waals surface area (Å²) in [6.45, 7) is 4.05. The van der Waals surface area contributed by atoms with E-state index in [4.69, 9.17) is 4.74 Å². The first-order chi connectivity index (χ1) is 12.0. The number of aryl methyl sites for hydroxylation is 2. The summed E-state index contributed by atoms with van der Waals surface area (Å²) in [7, 11) is 0. The lowest BCUT2D eigenvalue weighted by Crippen LogP contribution is -2.13. The van der Waals surface area contributed by atoms with Crippen molar-refractivity contribution in [3.63, 3.8) is 0 Å². The Hall–Kier alpha value is -2.73. The van der Waals surface area contributed by atoms with Gasteiger partial charge in [-0.3, -0.25) is 4.79 Å². The van der Waals surface area contributed by atoms with Gasteiger partial charge in [0.25, 0.3) is 5.91 Å². The molecule has 0 fully saturated rings. The number of benzene rings is 2. The van der Waals surface area contributed by atoms with Crippen LogP contribution in [0.1, 0.15) is 26.6 Å². The highest BCUT2D eigenvalue weighted by Crippen LogP contribution is 2.19. The highest BCUT2D eigenvalue weighted by Gasteiger charge is 2.13. The highest BCUT2D eigenvalue weighted by molar-refractivity contribution is 7.09. The number of hydrogen-bond donors (Lipinski definition) is 1. The molecule has 1 aromatic heterocycles. The zero-order chi connectivity index (χ0) is 17.8. The van der Waals surface area contributed by atoms with E-state index >= 15 is 0 Å². The number of rotatable bonds is 5. The van der Waals surface area contributed by atoms with E-state index in [0.717, 1.165) is 11.3 Å². The molecule has 0 bridgehead atoms. The number of nitrogens with one attached hydrogen (secondary N) is 1. The monoisotopic (exact) mass is 356 g/mol. The molecule has 3 rings (SSSR count). The van der Waals surface area contributed by atoms with Crippen LogP contribution >= 0.6 is 11.3 Å². The van der Waals surface area contributed by atoms with Crippen molar-refractivity contribution in [2.75, 3.05) is 5.32 Å². The summed E-state index contributed by atoms with van der Waals surface area (Å²) in [4.78, 5) is 16.6. The molecule has 128 valence electrons. The number of carbonyl (C=O) groups is 1. The predicted octanol–water partition coefficient (Wildman–Crippen LogP) is 4.73. The van der Waals surface area contributed by atoms with Crippen LogP contribution in [0.2, 0.25) is 0 Å². The second kappa shape index (κ2) is 7.44. The molecule has 3 aromatic rings. The molecule has 6 heteroatoms. The van der Waals surface area contributed by atoms with Gasteiger partial charge in [-0.25, -0.2) is 9.37 Å². The number of ether oxygens (including phenoxy) is 1. The molecule has 1 heterocycles. The van der Waals surface area contributed by atoms with Crippen molar-refractivity contribution >= 4 is 22.9 Å². The number of anilines is 1. The number of nitrogens with zero attached hydrogens (tertiary/aromatic N) is 1. The molecule has 0 aliphatic heterocycles. The summed E-state index contributed by atoms with van der Waals surface area (Å²) in [5.41, 5.74) is 2.70. The number of hydrogen-bond acceptors (Lipinski definition) is 4. The van der Waals surface area contributed by atoms with Crippen LogP contribution in [-0.4, -0.2) is 10.9 Å². The van der Waals surface area contributed by atoms with Gasteiger partial charge in [0.1, 0.15) is 28.9 Å². The summed E-state index contributed by atoms with van der Waals surface area (Å²) in [6.07, 6.45) is 0.